The summed E-state index contributed by atoms with van der Waals surface area (Å²) >= 11 is -1.55. The van der Waals surface area contributed by atoms with Gasteiger partial charge < -0.3 is 0 Å². The van der Waals surface area contributed by atoms with Crippen LogP contribution < -0.4 is 4.90 Å². The van der Waals surface area contributed by atoms with Crippen LogP contribution in [-0.2, 0) is 0 Å². The van der Waals surface area contributed by atoms with E-state index in [0.29, 0.717) is 0 Å². The van der Waals surface area contributed by atoms with E-state index in [1.165, 1.54) is 45.8 Å². The molecule has 132 valence electrons. The third-order valence-electron chi connectivity index (χ3n) is 5.36. The van der Waals surface area contributed by atoms with Crippen LogP contribution in [0.4, 0.5) is 11.4 Å². The van der Waals surface area contributed by atoms with Crippen molar-refractivity contribution in [3.05, 3.63) is 60.7 Å². The molecule has 0 bridgehead atoms. The van der Waals surface area contributed by atoms with E-state index in [1.807, 2.05) is 0 Å². The Morgan fingerprint density at radius 2 is 1.44 bits per heavy atom. The minimum atomic E-state index is -1.55. The predicted molar refractivity (Wildman–Crippen MR) is 110 cm³/mol. The maximum absolute atomic E-state index is 2.76. The third-order valence-corrected chi connectivity index (χ3v) is 15.4. The van der Waals surface area contributed by atoms with Crippen LogP contribution in [0.25, 0.3) is 0 Å². The maximum atomic E-state index is 2.76. The number of likely N-dealkylation sites (N-methyl/N-ethyl adjacent to an activating group) is 2. The average molecular weight is 439 g/mol. The van der Waals surface area contributed by atoms with E-state index in [0.717, 1.165) is 6.54 Å². The Bertz CT molecular complexity index is 580. The van der Waals surface area contributed by atoms with Crippen LogP contribution in [0.2, 0.25) is 8.35 Å². The molecule has 0 aliphatic carbocycles. The van der Waals surface area contributed by atoms with E-state index in [1.54, 1.807) is 0 Å². The van der Waals surface area contributed by atoms with Gasteiger partial charge in [0.25, 0.3) is 0 Å². The SMILES string of the molecule is CN1CC[N](C)[In]([CH2]CCN(c2ccccc2)c2ccccc2)[CH2]C1. The van der Waals surface area contributed by atoms with Gasteiger partial charge in [-0.1, -0.05) is 0 Å². The summed E-state index contributed by atoms with van der Waals surface area (Å²) in [6, 6.07) is 21.6. The monoisotopic (exact) mass is 439 g/mol. The Labute approximate surface area is 161 Å². The molecule has 0 radical (unpaired) electrons. The van der Waals surface area contributed by atoms with Crippen molar-refractivity contribution in [2.75, 3.05) is 45.2 Å². The Morgan fingerprint density at radius 1 is 0.840 bits per heavy atom. The summed E-state index contributed by atoms with van der Waals surface area (Å²) in [5, 5.41) is 0. The van der Waals surface area contributed by atoms with Crippen LogP contribution in [0.1, 0.15) is 6.42 Å². The molecule has 0 amide bonds. The molecule has 1 aliphatic rings. The molecule has 25 heavy (non-hydrogen) atoms. The van der Waals surface area contributed by atoms with Gasteiger partial charge in [-0.15, -0.1) is 0 Å². The molecule has 3 nitrogen and oxygen atoms in total. The molecule has 1 saturated heterocycles. The van der Waals surface area contributed by atoms with E-state index in [2.05, 4.69) is 87.4 Å². The molecule has 0 saturated carbocycles. The van der Waals surface area contributed by atoms with Gasteiger partial charge in [-0.2, -0.15) is 0 Å². The number of benzene rings is 2. The molecular weight excluding hydrogens is 409 g/mol. The van der Waals surface area contributed by atoms with E-state index in [-0.39, 0.29) is 0 Å². The van der Waals surface area contributed by atoms with Crippen LogP contribution in [0.3, 0.4) is 0 Å². The van der Waals surface area contributed by atoms with Gasteiger partial charge in [-0.3, -0.25) is 0 Å². The Hall–Kier alpha value is -0.970. The zero-order valence-corrected chi connectivity index (χ0v) is 18.9. The summed E-state index contributed by atoms with van der Waals surface area (Å²) in [5.41, 5.74) is 2.61. The second-order valence-corrected chi connectivity index (χ2v) is 16.7. The molecule has 1 aliphatic heterocycles. The van der Waals surface area contributed by atoms with Gasteiger partial charge in [0.1, 0.15) is 0 Å². The molecule has 0 atom stereocenters. The van der Waals surface area contributed by atoms with Crippen LogP contribution in [0.5, 0.6) is 0 Å². The van der Waals surface area contributed by atoms with Crippen molar-refractivity contribution in [1.29, 1.82) is 0 Å². The predicted octanol–water partition coefficient (Wildman–Crippen LogP) is 4.08. The molecule has 1 fully saturated rings. The molecule has 2 aromatic rings. The van der Waals surface area contributed by atoms with Crippen molar-refractivity contribution >= 4 is 33.1 Å². The number of para-hydroxylation sites is 2. The number of hydrogen-bond donors (Lipinski definition) is 0. The third kappa shape index (κ3) is 5.50. The van der Waals surface area contributed by atoms with Gasteiger partial charge in [0, 0.05) is 0 Å². The second kappa shape index (κ2) is 9.65. The van der Waals surface area contributed by atoms with Crippen molar-refractivity contribution in [2.45, 2.75) is 14.8 Å². The van der Waals surface area contributed by atoms with Gasteiger partial charge in [-0.05, 0) is 0 Å². The summed E-state index contributed by atoms with van der Waals surface area (Å²) < 4.78 is 5.73. The first-order valence-electron chi connectivity index (χ1n) is 9.50. The van der Waals surface area contributed by atoms with E-state index in [4.69, 9.17) is 0 Å². The van der Waals surface area contributed by atoms with Crippen LogP contribution in [0.15, 0.2) is 60.7 Å². The first-order chi connectivity index (χ1) is 12.2. The zero-order chi connectivity index (χ0) is 17.5. The van der Waals surface area contributed by atoms with Gasteiger partial charge in [0.15, 0.2) is 0 Å². The van der Waals surface area contributed by atoms with Crippen molar-refractivity contribution in [3.63, 3.8) is 0 Å². The van der Waals surface area contributed by atoms with E-state index in [9.17, 15) is 0 Å². The van der Waals surface area contributed by atoms with Gasteiger partial charge in [0.05, 0.1) is 0 Å². The molecule has 1 heterocycles. The summed E-state index contributed by atoms with van der Waals surface area (Å²) in [6.45, 7) is 4.94. The minimum absolute atomic E-state index is 1.12. The molecular formula is C21H30InN3. The molecule has 0 unspecified atom stereocenters. The normalized spacial score (nSPS) is 16.6. The molecule has 4 heteroatoms. The number of anilines is 2. The molecule has 3 rings (SSSR count). The van der Waals surface area contributed by atoms with E-state index >= 15 is 0 Å². The summed E-state index contributed by atoms with van der Waals surface area (Å²) in [5.74, 6) is 0. The molecule has 0 aromatic heterocycles. The van der Waals surface area contributed by atoms with Crippen molar-refractivity contribution in [2.24, 2.45) is 0 Å². The summed E-state index contributed by atoms with van der Waals surface area (Å²) in [6.07, 6.45) is 1.30. The second-order valence-electron chi connectivity index (χ2n) is 7.19. The van der Waals surface area contributed by atoms with Crippen LogP contribution in [0, 0.1) is 0 Å². The molecule has 2 aromatic carbocycles. The zero-order valence-electron chi connectivity index (χ0n) is 15.6. The van der Waals surface area contributed by atoms with Crippen molar-refractivity contribution < 1.29 is 0 Å². The average Bonchev–Trinajstić information content (AvgIpc) is 2.82. The van der Waals surface area contributed by atoms with E-state index < -0.39 is 21.7 Å². The Morgan fingerprint density at radius 3 is 2.04 bits per heavy atom. The fraction of sp³-hybridized carbons (Fsp3) is 0.429. The van der Waals surface area contributed by atoms with Crippen molar-refractivity contribution in [3.8, 4) is 0 Å². The Balaban J connectivity index is 1.63. The topological polar surface area (TPSA) is 9.72 Å². The summed E-state index contributed by atoms with van der Waals surface area (Å²) in [4.78, 5) is 4.99. The standard InChI is InChI=1S/C15H16N.C6H14N2.In/c1-2-13-16(14-9-5-3-6-10-14)15-11-7-4-8-12-15;1-4-8(3)6-5-7-2;/h3-12H,1-2,13H2;1,4-6H2,2-3H3;/q;-1;+1. The van der Waals surface area contributed by atoms with Crippen LogP contribution in [-0.4, -0.2) is 69.8 Å². The number of rotatable bonds is 6. The van der Waals surface area contributed by atoms with Crippen molar-refractivity contribution in [1.82, 2.24) is 7.79 Å². The number of nitrogens with zero attached hydrogens (tertiary/aromatic N) is 3. The number of hydrogen-bond acceptors (Lipinski definition) is 3. The molecule has 0 N–H and O–H groups in total. The fourth-order valence-corrected chi connectivity index (χ4v) is 12.4. The molecule has 0 spiro atoms. The summed E-state index contributed by atoms with van der Waals surface area (Å²) in [7, 11) is 4.65. The van der Waals surface area contributed by atoms with Gasteiger partial charge in [0.2, 0.25) is 0 Å². The van der Waals surface area contributed by atoms with Gasteiger partial charge >= 0.3 is 162 Å². The quantitative estimate of drug-likeness (QED) is 0.672. The fourth-order valence-electron chi connectivity index (χ4n) is 3.69. The first-order valence-corrected chi connectivity index (χ1v) is 15.6. The van der Waals surface area contributed by atoms with Crippen LogP contribution >= 0.6 is 0 Å². The Kier molecular flexibility index (Phi) is 7.26. The first kappa shape index (κ1) is 18.8. The van der Waals surface area contributed by atoms with Gasteiger partial charge in [-0.25, -0.2) is 0 Å².